The zero-order chi connectivity index (χ0) is 26.1. The summed E-state index contributed by atoms with van der Waals surface area (Å²) in [6, 6.07) is 4.07. The van der Waals surface area contributed by atoms with E-state index in [0.29, 0.717) is 12.4 Å². The zero-order valence-corrected chi connectivity index (χ0v) is 18.8. The van der Waals surface area contributed by atoms with E-state index in [1.54, 1.807) is 6.07 Å². The molecule has 0 aliphatic carbocycles. The van der Waals surface area contributed by atoms with Crippen LogP contribution in [0, 0.1) is 11.7 Å². The number of rotatable bonds is 5. The first kappa shape index (κ1) is 25.3. The van der Waals surface area contributed by atoms with E-state index in [9.17, 15) is 31.1 Å². The van der Waals surface area contributed by atoms with Crippen LogP contribution in [0.5, 0.6) is 0 Å². The number of hydrogen-bond acceptors (Lipinski definition) is 6. The van der Waals surface area contributed by atoms with Gasteiger partial charge in [0, 0.05) is 43.3 Å². The van der Waals surface area contributed by atoms with Crippen molar-refractivity contribution >= 4 is 11.9 Å². The maximum Gasteiger partial charge on any atom is 0.419 e. The van der Waals surface area contributed by atoms with Crippen molar-refractivity contribution in [2.24, 2.45) is 5.92 Å². The van der Waals surface area contributed by atoms with Gasteiger partial charge in [-0.2, -0.15) is 13.2 Å². The molecule has 0 spiro atoms. The van der Waals surface area contributed by atoms with Crippen LogP contribution in [0.2, 0.25) is 0 Å². The predicted octanol–water partition coefficient (Wildman–Crippen LogP) is 4.69. The third-order valence-electron chi connectivity index (χ3n) is 5.81. The minimum absolute atomic E-state index is 0.116. The molecule has 2 aromatic heterocycles. The van der Waals surface area contributed by atoms with Crippen LogP contribution in [-0.2, 0) is 6.18 Å². The Labute approximate surface area is 201 Å². The summed E-state index contributed by atoms with van der Waals surface area (Å²) in [5, 5.41) is 2.72. The van der Waals surface area contributed by atoms with Gasteiger partial charge in [0.15, 0.2) is 5.82 Å². The molecular formula is C23H20F6N6O. The monoisotopic (exact) mass is 510 g/mol. The molecule has 2 unspecified atom stereocenters. The normalized spacial score (nSPS) is 19.7. The number of halogens is 6. The molecule has 1 aliphatic rings. The molecule has 1 aliphatic heterocycles. The fourth-order valence-corrected chi connectivity index (χ4v) is 4.12. The lowest BCUT2D eigenvalue weighted by molar-refractivity contribution is -0.138. The molecule has 0 bridgehead atoms. The van der Waals surface area contributed by atoms with Crippen molar-refractivity contribution in [3.05, 3.63) is 66.0 Å². The van der Waals surface area contributed by atoms with Crippen molar-refractivity contribution in [3.8, 4) is 11.4 Å². The van der Waals surface area contributed by atoms with Crippen molar-refractivity contribution in [1.29, 1.82) is 0 Å². The standard InChI is InChI=1S/C23H20F6N6O/c1-13-8-22(25,26)12-35(18(13)11-34-21-32-9-14(10-33-21)23(27,28)29)20(36)17-7-15(24)3-4-16(17)19-30-5-2-6-31-19/h2-7,9-10,13,18H,8,11-12H2,1H3,(H,32,33,34). The molecule has 3 heterocycles. The minimum Gasteiger partial charge on any atom is -0.352 e. The molecule has 4 rings (SSSR count). The van der Waals surface area contributed by atoms with Gasteiger partial charge in [0.2, 0.25) is 5.95 Å². The molecule has 2 atom stereocenters. The van der Waals surface area contributed by atoms with Gasteiger partial charge in [-0.3, -0.25) is 4.79 Å². The number of carbonyl (C=O) groups excluding carboxylic acids is 1. The van der Waals surface area contributed by atoms with Crippen LogP contribution < -0.4 is 5.32 Å². The zero-order valence-electron chi connectivity index (χ0n) is 18.8. The number of piperidine rings is 1. The summed E-state index contributed by atoms with van der Waals surface area (Å²) in [6.45, 7) is 0.475. The summed E-state index contributed by atoms with van der Waals surface area (Å²) in [5.74, 6) is -5.57. The summed E-state index contributed by atoms with van der Waals surface area (Å²) in [6.07, 6.45) is -1.10. The summed E-state index contributed by atoms with van der Waals surface area (Å²) in [7, 11) is 0. The van der Waals surface area contributed by atoms with Crippen molar-refractivity contribution in [3.63, 3.8) is 0 Å². The summed E-state index contributed by atoms with van der Waals surface area (Å²) < 4.78 is 81.5. The summed E-state index contributed by atoms with van der Waals surface area (Å²) in [4.78, 5) is 29.8. The van der Waals surface area contributed by atoms with Crippen LogP contribution in [0.15, 0.2) is 49.1 Å². The highest BCUT2D eigenvalue weighted by molar-refractivity contribution is 6.00. The van der Waals surface area contributed by atoms with E-state index in [1.807, 2.05) is 0 Å². The van der Waals surface area contributed by atoms with Crippen LogP contribution in [-0.4, -0.2) is 55.8 Å². The number of alkyl halides is 5. The van der Waals surface area contributed by atoms with Gasteiger partial charge in [-0.25, -0.2) is 33.1 Å². The maximum atomic E-state index is 14.5. The topological polar surface area (TPSA) is 83.9 Å². The number of benzene rings is 1. The number of anilines is 1. The molecule has 1 aromatic carbocycles. The van der Waals surface area contributed by atoms with Gasteiger partial charge in [-0.05, 0) is 30.2 Å². The minimum atomic E-state index is -4.61. The predicted molar refractivity (Wildman–Crippen MR) is 117 cm³/mol. The van der Waals surface area contributed by atoms with Gasteiger partial charge in [0.1, 0.15) is 5.82 Å². The molecule has 1 fully saturated rings. The van der Waals surface area contributed by atoms with Gasteiger partial charge < -0.3 is 10.2 Å². The van der Waals surface area contributed by atoms with E-state index in [4.69, 9.17) is 0 Å². The second-order valence-electron chi connectivity index (χ2n) is 8.47. The van der Waals surface area contributed by atoms with Crippen LogP contribution in [0.4, 0.5) is 32.3 Å². The molecule has 1 saturated heterocycles. The Bertz CT molecular complexity index is 1220. The Kier molecular flexibility index (Phi) is 6.83. The van der Waals surface area contributed by atoms with E-state index >= 15 is 0 Å². The van der Waals surface area contributed by atoms with E-state index in [0.717, 1.165) is 17.0 Å². The lowest BCUT2D eigenvalue weighted by Crippen LogP contribution is -2.57. The van der Waals surface area contributed by atoms with Gasteiger partial charge in [-0.15, -0.1) is 0 Å². The second kappa shape index (κ2) is 9.70. The molecule has 36 heavy (non-hydrogen) atoms. The molecule has 7 nitrogen and oxygen atoms in total. The fourth-order valence-electron chi connectivity index (χ4n) is 4.12. The van der Waals surface area contributed by atoms with E-state index in [1.165, 1.54) is 25.4 Å². The quantitative estimate of drug-likeness (QED) is 0.502. The fraction of sp³-hybridized carbons (Fsp3) is 0.348. The number of amides is 1. The van der Waals surface area contributed by atoms with E-state index in [2.05, 4.69) is 25.3 Å². The van der Waals surface area contributed by atoms with Crippen molar-refractivity contribution in [2.75, 3.05) is 18.4 Å². The Hall–Kier alpha value is -3.77. The average molecular weight is 510 g/mol. The molecular weight excluding hydrogens is 490 g/mol. The number of nitrogens with one attached hydrogen (secondary N) is 1. The highest BCUT2D eigenvalue weighted by Crippen LogP contribution is 2.36. The molecule has 13 heteroatoms. The number of likely N-dealkylation sites (tertiary alicyclic amines) is 1. The smallest absolute Gasteiger partial charge is 0.352 e. The number of carbonyl (C=O) groups is 1. The van der Waals surface area contributed by atoms with Crippen molar-refractivity contribution in [1.82, 2.24) is 24.8 Å². The number of hydrogen-bond donors (Lipinski definition) is 1. The first-order chi connectivity index (χ1) is 16.9. The Balaban J connectivity index is 1.63. The Morgan fingerprint density at radius 3 is 2.44 bits per heavy atom. The van der Waals surface area contributed by atoms with Crippen LogP contribution in [0.3, 0.4) is 0 Å². The van der Waals surface area contributed by atoms with Crippen LogP contribution in [0.25, 0.3) is 11.4 Å². The first-order valence-electron chi connectivity index (χ1n) is 10.8. The molecule has 1 N–H and O–H groups in total. The molecule has 1 amide bonds. The Morgan fingerprint density at radius 2 is 1.81 bits per heavy atom. The molecule has 3 aromatic rings. The number of aromatic nitrogens is 4. The van der Waals surface area contributed by atoms with Crippen molar-refractivity contribution < 1.29 is 31.1 Å². The molecule has 0 radical (unpaired) electrons. The lowest BCUT2D eigenvalue weighted by Gasteiger charge is -2.43. The molecule has 0 saturated carbocycles. The van der Waals surface area contributed by atoms with E-state index in [-0.39, 0.29) is 29.4 Å². The highest BCUT2D eigenvalue weighted by atomic mass is 19.4. The first-order valence-corrected chi connectivity index (χ1v) is 10.8. The van der Waals surface area contributed by atoms with Crippen LogP contribution in [0.1, 0.15) is 29.3 Å². The van der Waals surface area contributed by atoms with Gasteiger partial charge in [0.05, 0.1) is 23.7 Å². The average Bonchev–Trinajstić information content (AvgIpc) is 2.82. The van der Waals surface area contributed by atoms with E-state index < -0.39 is 54.3 Å². The summed E-state index contributed by atoms with van der Waals surface area (Å²) in [5.41, 5.74) is -1.07. The molecule has 190 valence electrons. The maximum absolute atomic E-state index is 14.5. The lowest BCUT2D eigenvalue weighted by atomic mass is 9.87. The number of nitrogens with zero attached hydrogens (tertiary/aromatic N) is 5. The van der Waals surface area contributed by atoms with Crippen LogP contribution >= 0.6 is 0 Å². The second-order valence-corrected chi connectivity index (χ2v) is 8.47. The van der Waals surface area contributed by atoms with Gasteiger partial charge in [0.25, 0.3) is 11.8 Å². The van der Waals surface area contributed by atoms with Crippen molar-refractivity contribution in [2.45, 2.75) is 31.5 Å². The third kappa shape index (κ3) is 5.55. The largest absolute Gasteiger partial charge is 0.419 e. The van der Waals surface area contributed by atoms with Gasteiger partial charge in [-0.1, -0.05) is 6.92 Å². The Morgan fingerprint density at radius 1 is 1.14 bits per heavy atom. The van der Waals surface area contributed by atoms with Gasteiger partial charge >= 0.3 is 6.18 Å². The third-order valence-corrected chi connectivity index (χ3v) is 5.81. The summed E-state index contributed by atoms with van der Waals surface area (Å²) >= 11 is 0. The SMILES string of the molecule is CC1CC(F)(F)CN(C(=O)c2cc(F)ccc2-c2ncccn2)C1CNc1ncc(C(F)(F)F)cn1. The highest BCUT2D eigenvalue weighted by Gasteiger charge is 2.46.